The van der Waals surface area contributed by atoms with Crippen molar-refractivity contribution in [3.63, 3.8) is 0 Å². The minimum absolute atomic E-state index is 0.0349. The van der Waals surface area contributed by atoms with Crippen LogP contribution in [0.2, 0.25) is 0 Å². The molecule has 0 spiro atoms. The molecule has 6 heteroatoms. The first-order valence-corrected chi connectivity index (χ1v) is 24.3. The van der Waals surface area contributed by atoms with E-state index in [2.05, 4.69) is 43.5 Å². The van der Waals surface area contributed by atoms with Gasteiger partial charge in [-0.2, -0.15) is 0 Å². The molecule has 0 bridgehead atoms. The molecule has 1 amide bonds. The van der Waals surface area contributed by atoms with Crippen LogP contribution in [0.15, 0.2) is 36.5 Å². The molecule has 2 unspecified atom stereocenters. The van der Waals surface area contributed by atoms with Crippen LogP contribution in [0.4, 0.5) is 0 Å². The number of hydrogen-bond acceptors (Lipinski definition) is 5. The molecular weight excluding hydrogens is 695 g/mol. The lowest BCUT2D eigenvalue weighted by Crippen LogP contribution is -2.45. The molecule has 56 heavy (non-hydrogen) atoms. The molecule has 2 atom stereocenters. The summed E-state index contributed by atoms with van der Waals surface area (Å²) in [5.41, 5.74) is 0. The maximum atomic E-state index is 12.3. The lowest BCUT2D eigenvalue weighted by Gasteiger charge is -2.20. The van der Waals surface area contributed by atoms with Crippen molar-refractivity contribution >= 4 is 11.9 Å². The van der Waals surface area contributed by atoms with Gasteiger partial charge >= 0.3 is 5.97 Å². The van der Waals surface area contributed by atoms with Gasteiger partial charge in [-0.05, 0) is 83.5 Å². The summed E-state index contributed by atoms with van der Waals surface area (Å²) >= 11 is 0. The third-order valence-electron chi connectivity index (χ3n) is 10.9. The number of allylic oxidation sites excluding steroid dienone is 5. The van der Waals surface area contributed by atoms with E-state index in [1.54, 1.807) is 6.08 Å². The minimum Gasteiger partial charge on any atom is -0.466 e. The Kier molecular flexibility index (Phi) is 44.2. The quantitative estimate of drug-likeness (QED) is 0.0325. The van der Waals surface area contributed by atoms with Crippen molar-refractivity contribution < 1.29 is 24.5 Å². The van der Waals surface area contributed by atoms with Crippen LogP contribution >= 0.6 is 0 Å². The second-order valence-electron chi connectivity index (χ2n) is 16.4. The Morgan fingerprint density at radius 3 is 1.27 bits per heavy atom. The molecule has 0 saturated carbocycles. The lowest BCUT2D eigenvalue weighted by molar-refractivity contribution is -0.143. The van der Waals surface area contributed by atoms with E-state index < -0.39 is 12.1 Å². The molecule has 0 saturated heterocycles. The predicted octanol–water partition coefficient (Wildman–Crippen LogP) is 14.1. The molecule has 0 radical (unpaired) electrons. The van der Waals surface area contributed by atoms with Crippen molar-refractivity contribution in [2.24, 2.45) is 0 Å². The van der Waals surface area contributed by atoms with Crippen LogP contribution in [0.25, 0.3) is 0 Å². The van der Waals surface area contributed by atoms with Crippen LogP contribution in [-0.2, 0) is 14.3 Å². The van der Waals surface area contributed by atoms with Crippen molar-refractivity contribution in [2.75, 3.05) is 13.2 Å². The van der Waals surface area contributed by atoms with Gasteiger partial charge in [0.25, 0.3) is 0 Å². The molecule has 0 fully saturated rings. The van der Waals surface area contributed by atoms with Gasteiger partial charge < -0.3 is 20.3 Å². The number of carbonyl (C=O) groups is 2. The molecule has 0 aliphatic carbocycles. The predicted molar refractivity (Wildman–Crippen MR) is 241 cm³/mol. The number of rotatable bonds is 44. The van der Waals surface area contributed by atoms with E-state index in [9.17, 15) is 19.8 Å². The molecule has 0 rings (SSSR count). The Labute approximate surface area is 347 Å². The van der Waals surface area contributed by atoms with Crippen LogP contribution < -0.4 is 5.32 Å². The van der Waals surface area contributed by atoms with Crippen molar-refractivity contribution in [1.82, 2.24) is 5.32 Å². The summed E-state index contributed by atoms with van der Waals surface area (Å²) in [6.07, 6.45) is 54.3. The van der Waals surface area contributed by atoms with Gasteiger partial charge in [-0.15, -0.1) is 0 Å². The van der Waals surface area contributed by atoms with Crippen LogP contribution in [0.1, 0.15) is 245 Å². The third-order valence-corrected chi connectivity index (χ3v) is 10.9. The molecular formula is C50H93NO5. The van der Waals surface area contributed by atoms with Crippen molar-refractivity contribution in [3.05, 3.63) is 36.5 Å². The number of unbranched alkanes of at least 4 members (excludes halogenated alkanes) is 29. The number of carbonyl (C=O) groups excluding carboxylic acids is 2. The third kappa shape index (κ3) is 41.7. The SMILES string of the molecule is CCCCCCCC/C=C\CCCCCCCCCCCC(=O)OCCCC/C=C\CCCCCCCC(=O)NC(CO)C(O)/C=C/CCCCCCCCC. The Morgan fingerprint density at radius 1 is 0.482 bits per heavy atom. The molecule has 3 N–H and O–H groups in total. The van der Waals surface area contributed by atoms with E-state index in [1.807, 2.05) is 6.08 Å². The van der Waals surface area contributed by atoms with E-state index in [0.717, 1.165) is 83.5 Å². The standard InChI is InChI=1S/C50H93NO5/c1-3-5-7-9-11-13-14-15-16-17-18-19-20-21-24-28-32-36-40-44-50(55)56-45-41-37-33-29-25-22-23-27-31-35-39-43-49(54)51-47(46-52)48(53)42-38-34-30-26-12-10-8-6-4-2/h15-16,25,29,38,42,47-48,52-53H,3-14,17-24,26-28,30-37,39-41,43-46H2,1-2H3,(H,51,54)/b16-15-,29-25-,42-38+. The number of ether oxygens (including phenoxy) is 1. The average Bonchev–Trinajstić information content (AvgIpc) is 3.20. The van der Waals surface area contributed by atoms with Gasteiger partial charge in [0, 0.05) is 12.8 Å². The first-order chi connectivity index (χ1) is 27.5. The number of aliphatic hydroxyl groups is 2. The summed E-state index contributed by atoms with van der Waals surface area (Å²) in [5, 5.41) is 22.8. The second kappa shape index (κ2) is 45.8. The zero-order chi connectivity index (χ0) is 40.8. The minimum atomic E-state index is -0.860. The summed E-state index contributed by atoms with van der Waals surface area (Å²) in [4.78, 5) is 24.4. The highest BCUT2D eigenvalue weighted by molar-refractivity contribution is 5.76. The Morgan fingerprint density at radius 2 is 0.839 bits per heavy atom. The number of amides is 1. The van der Waals surface area contributed by atoms with E-state index >= 15 is 0 Å². The van der Waals surface area contributed by atoms with Gasteiger partial charge in [-0.1, -0.05) is 185 Å². The highest BCUT2D eigenvalue weighted by atomic mass is 16.5. The fourth-order valence-electron chi connectivity index (χ4n) is 7.09. The van der Waals surface area contributed by atoms with E-state index in [1.165, 1.54) is 135 Å². The molecule has 0 aromatic carbocycles. The first kappa shape index (κ1) is 54.1. The fourth-order valence-corrected chi connectivity index (χ4v) is 7.09. The van der Waals surface area contributed by atoms with E-state index in [-0.39, 0.29) is 18.5 Å². The highest BCUT2D eigenvalue weighted by Crippen LogP contribution is 2.14. The number of hydrogen-bond donors (Lipinski definition) is 3. The number of esters is 1. The maximum Gasteiger partial charge on any atom is 0.305 e. The van der Waals surface area contributed by atoms with Crippen LogP contribution in [0, 0.1) is 0 Å². The average molecular weight is 788 g/mol. The normalized spacial score (nSPS) is 13.0. The summed E-state index contributed by atoms with van der Waals surface area (Å²) < 4.78 is 5.44. The second-order valence-corrected chi connectivity index (χ2v) is 16.4. The van der Waals surface area contributed by atoms with Crippen molar-refractivity contribution in [3.8, 4) is 0 Å². The summed E-state index contributed by atoms with van der Waals surface area (Å²) in [5.74, 6) is -0.136. The largest absolute Gasteiger partial charge is 0.466 e. The maximum absolute atomic E-state index is 12.3. The Bertz CT molecular complexity index is 915. The summed E-state index contributed by atoms with van der Waals surface area (Å²) in [6.45, 7) is 4.78. The topological polar surface area (TPSA) is 95.9 Å². The lowest BCUT2D eigenvalue weighted by atomic mass is 10.1. The zero-order valence-electron chi connectivity index (χ0n) is 37.1. The Balaban J connectivity index is 3.50. The molecule has 0 heterocycles. The highest BCUT2D eigenvalue weighted by Gasteiger charge is 2.18. The van der Waals surface area contributed by atoms with Gasteiger partial charge in [0.05, 0.1) is 25.4 Å². The molecule has 328 valence electrons. The monoisotopic (exact) mass is 788 g/mol. The van der Waals surface area contributed by atoms with Crippen molar-refractivity contribution in [1.29, 1.82) is 0 Å². The van der Waals surface area contributed by atoms with E-state index in [4.69, 9.17) is 4.74 Å². The van der Waals surface area contributed by atoms with Gasteiger partial charge in [-0.25, -0.2) is 0 Å². The van der Waals surface area contributed by atoms with Crippen LogP contribution in [-0.4, -0.2) is 47.4 Å². The molecule has 0 aromatic heterocycles. The van der Waals surface area contributed by atoms with Crippen LogP contribution in [0.3, 0.4) is 0 Å². The van der Waals surface area contributed by atoms with Gasteiger partial charge in [-0.3, -0.25) is 9.59 Å². The van der Waals surface area contributed by atoms with Crippen LogP contribution in [0.5, 0.6) is 0 Å². The van der Waals surface area contributed by atoms with Gasteiger partial charge in [0.15, 0.2) is 0 Å². The smallest absolute Gasteiger partial charge is 0.305 e. The molecule has 0 aliphatic rings. The summed E-state index contributed by atoms with van der Waals surface area (Å²) in [6, 6.07) is -0.647. The molecule has 0 aliphatic heterocycles. The van der Waals surface area contributed by atoms with Gasteiger partial charge in [0.1, 0.15) is 0 Å². The van der Waals surface area contributed by atoms with Gasteiger partial charge in [0.2, 0.25) is 5.91 Å². The summed E-state index contributed by atoms with van der Waals surface area (Å²) in [7, 11) is 0. The molecule has 0 aromatic rings. The molecule has 6 nitrogen and oxygen atoms in total. The number of nitrogens with one attached hydrogen (secondary N) is 1. The Hall–Kier alpha value is -1.92. The number of aliphatic hydroxyl groups excluding tert-OH is 2. The fraction of sp³-hybridized carbons (Fsp3) is 0.840. The zero-order valence-corrected chi connectivity index (χ0v) is 37.1. The first-order valence-electron chi connectivity index (χ1n) is 24.3. The van der Waals surface area contributed by atoms with Crippen molar-refractivity contribution in [2.45, 2.75) is 257 Å². The van der Waals surface area contributed by atoms with E-state index in [0.29, 0.717) is 19.4 Å².